The van der Waals surface area contributed by atoms with Crippen LogP contribution in [0.2, 0.25) is 0 Å². The Morgan fingerprint density at radius 1 is 1.34 bits per heavy atom. The number of aliphatic hydroxyl groups excluding tert-OH is 1. The third-order valence-electron chi connectivity index (χ3n) is 6.78. The van der Waals surface area contributed by atoms with Gasteiger partial charge < -0.3 is 24.4 Å². The molecule has 3 rings (SSSR count). The Bertz CT molecular complexity index is 1130. The molecule has 2 aliphatic heterocycles. The average molecular weight is 694 g/mol. The van der Waals surface area contributed by atoms with E-state index in [1.165, 1.54) is 0 Å². The summed E-state index contributed by atoms with van der Waals surface area (Å²) in [6.07, 6.45) is -0.658. The highest BCUT2D eigenvalue weighted by Gasteiger charge is 2.44. The van der Waals surface area contributed by atoms with Gasteiger partial charge in [-0.15, -0.1) is 0 Å². The van der Waals surface area contributed by atoms with E-state index in [1.54, 1.807) is 0 Å². The van der Waals surface area contributed by atoms with Crippen molar-refractivity contribution in [1.82, 2.24) is 19.5 Å². The SMILES string of the molecule is CC1CC(C)(C)NC(CCC(Br)(C[C@H]2O[C@@H](n3cc(F)c(=O)[nH]c3=O)C[C@@H]2O)CN(CCBr)P(=O)(O)O)O1. The Labute approximate surface area is 236 Å². The number of alkyl halides is 2. The molecule has 5 N–H and O–H groups in total. The molecule has 3 unspecified atom stereocenters. The average Bonchev–Trinajstić information content (AvgIpc) is 3.12. The van der Waals surface area contributed by atoms with E-state index < -0.39 is 47.6 Å². The molecule has 2 saturated heterocycles. The molecular formula is C22H36Br2FN4O8P. The number of H-pyrrole nitrogens is 1. The van der Waals surface area contributed by atoms with Gasteiger partial charge in [0.25, 0.3) is 5.56 Å². The second-order valence-electron chi connectivity index (χ2n) is 10.7. The van der Waals surface area contributed by atoms with Crippen LogP contribution in [0.15, 0.2) is 15.8 Å². The fourth-order valence-corrected chi connectivity index (χ4v) is 7.74. The molecule has 38 heavy (non-hydrogen) atoms. The van der Waals surface area contributed by atoms with Crippen LogP contribution in [0.1, 0.15) is 59.1 Å². The molecule has 6 atom stereocenters. The zero-order chi connectivity index (χ0) is 28.5. The maximum absolute atomic E-state index is 13.8. The minimum absolute atomic E-state index is 0.0257. The number of aromatic nitrogens is 2. The molecule has 2 aliphatic rings. The lowest BCUT2D eigenvalue weighted by Crippen LogP contribution is -2.55. The zero-order valence-electron chi connectivity index (χ0n) is 21.5. The van der Waals surface area contributed by atoms with Crippen LogP contribution in [0.5, 0.6) is 0 Å². The van der Waals surface area contributed by atoms with Crippen LogP contribution in [-0.2, 0) is 14.0 Å². The van der Waals surface area contributed by atoms with Crippen LogP contribution in [0.3, 0.4) is 0 Å². The summed E-state index contributed by atoms with van der Waals surface area (Å²) in [6, 6.07) is 0. The standard InChI is InChI=1S/C22H36Br2FN4O8P/c1-13-9-21(2,3)27-17(36-13)4-5-22(24,12-28(7-6-23)38(33,34)35)10-16-15(30)8-18(37-16)29-11-14(25)19(31)26-20(29)32/h11,13,15-18,27,30H,4-10,12H2,1-3H3,(H,26,31,32)(H2,33,34,35)/t13?,15-,16+,17?,18+,22?/m0/s1. The minimum atomic E-state index is -4.61. The predicted molar refractivity (Wildman–Crippen MR) is 145 cm³/mol. The molecule has 0 aliphatic carbocycles. The number of nitrogens with one attached hydrogen (secondary N) is 2. The van der Waals surface area contributed by atoms with Crippen LogP contribution in [0.25, 0.3) is 0 Å². The van der Waals surface area contributed by atoms with Gasteiger partial charge in [-0.3, -0.25) is 19.7 Å². The summed E-state index contributed by atoms with van der Waals surface area (Å²) in [5.41, 5.74) is -2.18. The van der Waals surface area contributed by atoms with E-state index in [4.69, 9.17) is 9.47 Å². The molecule has 16 heteroatoms. The second kappa shape index (κ2) is 12.6. The van der Waals surface area contributed by atoms with Crippen LogP contribution < -0.4 is 16.6 Å². The van der Waals surface area contributed by atoms with Crippen molar-refractivity contribution in [3.8, 4) is 0 Å². The molecule has 0 spiro atoms. The number of nitrogens with zero attached hydrogens (tertiary/aromatic N) is 2. The number of rotatable bonds is 11. The molecule has 1 aromatic heterocycles. The fourth-order valence-electron chi connectivity index (χ4n) is 5.18. The molecule has 0 amide bonds. The lowest BCUT2D eigenvalue weighted by Gasteiger charge is -2.42. The van der Waals surface area contributed by atoms with Crippen molar-refractivity contribution in [1.29, 1.82) is 0 Å². The van der Waals surface area contributed by atoms with E-state index in [2.05, 4.69) is 51.0 Å². The maximum atomic E-state index is 13.8. The van der Waals surface area contributed by atoms with Gasteiger partial charge in [0.15, 0.2) is 0 Å². The normalized spacial score (nSPS) is 29.5. The van der Waals surface area contributed by atoms with Gasteiger partial charge in [0.05, 0.1) is 24.5 Å². The number of hydrogen-bond donors (Lipinski definition) is 5. The number of aromatic amines is 1. The number of ether oxygens (including phenoxy) is 2. The monoisotopic (exact) mass is 692 g/mol. The van der Waals surface area contributed by atoms with Crippen molar-refractivity contribution in [2.45, 2.75) is 93.5 Å². The Kier molecular flexibility index (Phi) is 10.6. The van der Waals surface area contributed by atoms with Crippen molar-refractivity contribution in [2.75, 3.05) is 18.4 Å². The van der Waals surface area contributed by atoms with Crippen LogP contribution in [0, 0.1) is 5.82 Å². The van der Waals surface area contributed by atoms with E-state index in [0.29, 0.717) is 18.2 Å². The first kappa shape index (κ1) is 32.0. The lowest BCUT2D eigenvalue weighted by molar-refractivity contribution is -0.0925. The summed E-state index contributed by atoms with van der Waals surface area (Å²) < 4.78 is 39.0. The topological polar surface area (TPSA) is 166 Å². The zero-order valence-corrected chi connectivity index (χ0v) is 25.5. The van der Waals surface area contributed by atoms with Gasteiger partial charge in [0, 0.05) is 34.7 Å². The van der Waals surface area contributed by atoms with Gasteiger partial charge in [-0.1, -0.05) is 31.9 Å². The molecule has 2 fully saturated rings. The molecule has 218 valence electrons. The van der Waals surface area contributed by atoms with Crippen LogP contribution in [0.4, 0.5) is 4.39 Å². The van der Waals surface area contributed by atoms with E-state index in [0.717, 1.165) is 21.9 Å². The molecule has 3 heterocycles. The largest absolute Gasteiger partial charge is 0.403 e. The molecule has 1 aromatic rings. The predicted octanol–water partition coefficient (Wildman–Crippen LogP) is 1.92. The molecule has 0 saturated carbocycles. The van der Waals surface area contributed by atoms with E-state index >= 15 is 0 Å². The summed E-state index contributed by atoms with van der Waals surface area (Å²) in [7, 11) is -4.61. The van der Waals surface area contributed by atoms with Gasteiger partial charge in [-0.05, 0) is 46.5 Å². The third-order valence-corrected chi connectivity index (χ3v) is 9.19. The number of halogens is 3. The quantitative estimate of drug-likeness (QED) is 0.171. The molecular weight excluding hydrogens is 658 g/mol. The van der Waals surface area contributed by atoms with Crippen molar-refractivity contribution >= 4 is 39.6 Å². The van der Waals surface area contributed by atoms with Gasteiger partial charge in [-0.25, -0.2) is 14.0 Å². The molecule has 0 bridgehead atoms. The fraction of sp³-hybridized carbons (Fsp3) is 0.818. The number of aliphatic hydroxyl groups is 1. The Morgan fingerprint density at radius 2 is 2.03 bits per heavy atom. The summed E-state index contributed by atoms with van der Waals surface area (Å²) in [4.78, 5) is 45.4. The Balaban J connectivity index is 1.81. The second-order valence-corrected chi connectivity index (χ2v) is 14.8. The summed E-state index contributed by atoms with van der Waals surface area (Å²) in [6.45, 7) is 6.15. The first-order chi connectivity index (χ1) is 17.5. The van der Waals surface area contributed by atoms with Gasteiger partial charge in [0.1, 0.15) is 12.5 Å². The van der Waals surface area contributed by atoms with Crippen molar-refractivity contribution in [2.24, 2.45) is 0 Å². The van der Waals surface area contributed by atoms with E-state index in [-0.39, 0.29) is 43.8 Å². The smallest absolute Gasteiger partial charge is 0.390 e. The minimum Gasteiger partial charge on any atom is -0.390 e. The highest BCUT2D eigenvalue weighted by molar-refractivity contribution is 9.10. The Morgan fingerprint density at radius 3 is 2.63 bits per heavy atom. The summed E-state index contributed by atoms with van der Waals surface area (Å²) in [5, 5.41) is 14.6. The van der Waals surface area contributed by atoms with Crippen molar-refractivity contribution in [3.63, 3.8) is 0 Å². The van der Waals surface area contributed by atoms with Crippen molar-refractivity contribution in [3.05, 3.63) is 32.9 Å². The maximum Gasteiger partial charge on any atom is 0.403 e. The van der Waals surface area contributed by atoms with E-state index in [9.17, 15) is 33.4 Å². The number of hydrogen-bond acceptors (Lipinski definition) is 7. The van der Waals surface area contributed by atoms with Gasteiger partial charge in [-0.2, -0.15) is 4.39 Å². The van der Waals surface area contributed by atoms with Crippen LogP contribution >= 0.6 is 39.6 Å². The van der Waals surface area contributed by atoms with Crippen molar-refractivity contribution < 1.29 is 33.3 Å². The van der Waals surface area contributed by atoms with Crippen LogP contribution in [-0.4, -0.2) is 81.9 Å². The van der Waals surface area contributed by atoms with E-state index in [1.807, 2.05) is 11.9 Å². The highest BCUT2D eigenvalue weighted by Crippen LogP contribution is 2.46. The first-order valence-corrected chi connectivity index (χ1v) is 15.8. The highest BCUT2D eigenvalue weighted by atomic mass is 79.9. The first-order valence-electron chi connectivity index (χ1n) is 12.4. The Hall–Kier alpha value is -0.480. The third kappa shape index (κ3) is 8.51. The molecule has 0 radical (unpaired) electrons. The molecule has 0 aromatic carbocycles. The summed E-state index contributed by atoms with van der Waals surface area (Å²) in [5.74, 6) is -1.16. The van der Waals surface area contributed by atoms with Gasteiger partial charge >= 0.3 is 13.4 Å². The lowest BCUT2D eigenvalue weighted by atomic mass is 9.91. The summed E-state index contributed by atoms with van der Waals surface area (Å²) >= 11 is 6.95. The molecule has 12 nitrogen and oxygen atoms in total. The van der Waals surface area contributed by atoms with Gasteiger partial charge in [0.2, 0.25) is 5.82 Å².